The first-order valence-electron chi connectivity index (χ1n) is 22.4. The average molecular weight is 918 g/mol. The summed E-state index contributed by atoms with van der Waals surface area (Å²) in [7, 11) is 1.59. The monoisotopic (exact) mass is 917 g/mol. The van der Waals surface area contributed by atoms with Crippen LogP contribution in [0.5, 0.6) is 5.88 Å². The van der Waals surface area contributed by atoms with E-state index in [0.717, 1.165) is 38.5 Å². The lowest BCUT2D eigenvalue weighted by Crippen LogP contribution is -2.39. The number of nitrogens with zero attached hydrogens (tertiary/aromatic N) is 10. The molecule has 9 aromatic rings. The Morgan fingerprint density at radius 1 is 0.985 bits per heavy atom. The van der Waals surface area contributed by atoms with Gasteiger partial charge >= 0.3 is 11.4 Å². The summed E-state index contributed by atoms with van der Waals surface area (Å²) in [6.07, 6.45) is 7.72. The molecule has 11 rings (SSSR count). The Kier molecular flexibility index (Phi) is 9.65. The number of hydrogen-bond acceptors (Lipinski definition) is 10. The maximum Gasteiger partial charge on any atom is 0.438 e. The fourth-order valence-electron chi connectivity index (χ4n) is 10.2. The second-order valence-electron chi connectivity index (χ2n) is 18.8. The number of amides is 1. The molecule has 18 heteroatoms. The van der Waals surface area contributed by atoms with Gasteiger partial charge in [-0.1, -0.05) is 18.1 Å². The fraction of sp³-hybridized carbons (Fsp3) is 0.300. The van der Waals surface area contributed by atoms with E-state index in [1.165, 1.54) is 9.13 Å². The molecule has 1 aliphatic heterocycles. The zero-order valence-corrected chi connectivity index (χ0v) is 38.5. The Bertz CT molecular complexity index is 3630. The second kappa shape index (κ2) is 15.3. The number of imidazole rings is 1. The van der Waals surface area contributed by atoms with Crippen LogP contribution in [0.3, 0.4) is 0 Å². The number of aromatic amines is 1. The van der Waals surface area contributed by atoms with E-state index in [-0.39, 0.29) is 36.4 Å². The number of hydrogen-bond donors (Lipinski definition) is 2. The fourth-order valence-corrected chi connectivity index (χ4v) is 10.2. The summed E-state index contributed by atoms with van der Waals surface area (Å²) in [6.45, 7) is 11.5. The smallest absolute Gasteiger partial charge is 0.438 e. The molecule has 0 saturated heterocycles. The van der Waals surface area contributed by atoms with Crippen LogP contribution in [0.4, 0.5) is 4.39 Å². The van der Waals surface area contributed by atoms with Gasteiger partial charge in [-0.3, -0.25) is 28.1 Å². The van der Waals surface area contributed by atoms with Gasteiger partial charge < -0.3 is 19.3 Å². The molecule has 2 aliphatic rings. The summed E-state index contributed by atoms with van der Waals surface area (Å²) in [5.74, 6) is -0.0276. The number of benzene rings is 3. The molecule has 0 unspecified atom stereocenters. The first-order valence-corrected chi connectivity index (χ1v) is 22.4. The minimum Gasteiger partial charge on any atom is -0.481 e. The van der Waals surface area contributed by atoms with Gasteiger partial charge in [-0.25, -0.2) is 23.6 Å². The number of aryl methyl sites for hydroxylation is 2. The van der Waals surface area contributed by atoms with Crippen LogP contribution in [0.2, 0.25) is 0 Å². The maximum atomic E-state index is 15.4. The van der Waals surface area contributed by atoms with E-state index < -0.39 is 16.9 Å². The highest BCUT2D eigenvalue weighted by atomic mass is 19.1. The van der Waals surface area contributed by atoms with Crippen LogP contribution in [0.25, 0.3) is 50.1 Å². The van der Waals surface area contributed by atoms with Crippen molar-refractivity contribution >= 4 is 27.7 Å². The summed E-state index contributed by atoms with van der Waals surface area (Å²) in [5.41, 5.74) is 5.79. The molecular formula is C50H48FN11O6. The number of rotatable bonds is 10. The molecule has 17 nitrogen and oxygen atoms in total. The molecule has 3 aromatic carbocycles. The van der Waals surface area contributed by atoms with Crippen molar-refractivity contribution in [2.24, 2.45) is 5.92 Å². The van der Waals surface area contributed by atoms with Crippen molar-refractivity contribution < 1.29 is 23.6 Å². The van der Waals surface area contributed by atoms with Crippen molar-refractivity contribution in [3.05, 3.63) is 152 Å². The van der Waals surface area contributed by atoms with Gasteiger partial charge in [0, 0.05) is 59.0 Å². The van der Waals surface area contributed by atoms with Gasteiger partial charge in [-0.05, 0) is 124 Å². The van der Waals surface area contributed by atoms with Crippen LogP contribution in [-0.2, 0) is 25.0 Å². The molecule has 2 N–H and O–H groups in total. The van der Waals surface area contributed by atoms with Crippen LogP contribution < -0.4 is 16.2 Å². The summed E-state index contributed by atoms with van der Waals surface area (Å²) < 4.78 is 34.2. The lowest BCUT2D eigenvalue weighted by atomic mass is 10.0. The Labute approximate surface area is 387 Å². The van der Waals surface area contributed by atoms with Gasteiger partial charge in [-0.15, -0.1) is 0 Å². The zero-order valence-electron chi connectivity index (χ0n) is 38.5. The lowest BCUT2D eigenvalue weighted by molar-refractivity contribution is 0.0591. The van der Waals surface area contributed by atoms with Crippen molar-refractivity contribution in [3.8, 4) is 34.2 Å². The highest BCUT2D eigenvalue weighted by Crippen LogP contribution is 2.56. The number of aromatic nitrogens is 10. The van der Waals surface area contributed by atoms with E-state index in [9.17, 15) is 14.7 Å². The number of carbonyl (C=O) groups is 1. The lowest BCUT2D eigenvalue weighted by Gasteiger charge is -2.29. The highest BCUT2D eigenvalue weighted by molar-refractivity contribution is 6.00. The number of fused-ring (bicyclic) bond motifs is 3. The van der Waals surface area contributed by atoms with Crippen molar-refractivity contribution in [1.82, 2.24) is 53.3 Å². The van der Waals surface area contributed by atoms with Gasteiger partial charge in [0.1, 0.15) is 22.9 Å². The van der Waals surface area contributed by atoms with Crippen LogP contribution in [0, 0.1) is 32.5 Å². The number of H-pyrrole nitrogens is 1. The Morgan fingerprint density at radius 3 is 2.44 bits per heavy atom. The average Bonchev–Trinajstić information content (AvgIpc) is 3.94. The third-order valence-electron chi connectivity index (χ3n) is 13.6. The molecule has 1 fully saturated rings. The molecule has 6 aromatic heterocycles. The number of methoxy groups -OCH3 is 1. The molecule has 0 bridgehead atoms. The molecule has 2 atom stereocenters. The number of nitrogens with one attached hydrogen (secondary N) is 1. The SMILES string of the molecule is COc1nccc(-c2ccc3c(c2)cc(C(=O)N2CCc4nn(-c5cc(C)c(F)c(C)c5)c(-n5ccn(-c6ccc7c(cnn7CC(C)(C)O)c6)c5=O)c4C2)n3[C@@]2(c3noc(=O)[nH]3)C[C@@H]2C)c1C. The van der Waals surface area contributed by atoms with Crippen LogP contribution >= 0.6 is 0 Å². The van der Waals surface area contributed by atoms with Crippen LogP contribution in [0.15, 0.2) is 99.6 Å². The number of aliphatic hydroxyl groups is 1. The Morgan fingerprint density at radius 2 is 1.74 bits per heavy atom. The minimum atomic E-state index is -0.981. The molecule has 0 radical (unpaired) electrons. The summed E-state index contributed by atoms with van der Waals surface area (Å²) >= 11 is 0. The summed E-state index contributed by atoms with van der Waals surface area (Å²) in [5, 5.41) is 25.8. The van der Waals surface area contributed by atoms with E-state index in [0.29, 0.717) is 76.4 Å². The van der Waals surface area contributed by atoms with Gasteiger partial charge in [0.15, 0.2) is 5.82 Å². The van der Waals surface area contributed by atoms with Gasteiger partial charge in [0.25, 0.3) is 5.91 Å². The van der Waals surface area contributed by atoms with E-state index >= 15 is 9.18 Å². The Hall–Kier alpha value is -7.86. The molecule has 1 amide bonds. The third kappa shape index (κ3) is 6.71. The second-order valence-corrected chi connectivity index (χ2v) is 18.8. The number of halogens is 1. The molecular weight excluding hydrogens is 870 g/mol. The summed E-state index contributed by atoms with van der Waals surface area (Å²) in [4.78, 5) is 51.5. The van der Waals surface area contributed by atoms with Crippen molar-refractivity contribution in [1.29, 1.82) is 0 Å². The Balaban J connectivity index is 1.03. The molecule has 346 valence electrons. The third-order valence-corrected chi connectivity index (χ3v) is 13.6. The molecule has 68 heavy (non-hydrogen) atoms. The number of pyridine rings is 1. The zero-order chi connectivity index (χ0) is 47.6. The normalized spacial score (nSPS) is 17.1. The van der Waals surface area contributed by atoms with Crippen molar-refractivity contribution in [3.63, 3.8) is 0 Å². The van der Waals surface area contributed by atoms with Crippen molar-refractivity contribution in [2.45, 2.75) is 78.6 Å². The van der Waals surface area contributed by atoms with E-state index in [4.69, 9.17) is 14.4 Å². The number of carbonyl (C=O) groups excluding carboxylic acids is 1. The van der Waals surface area contributed by atoms with Crippen molar-refractivity contribution in [2.75, 3.05) is 13.7 Å². The topological polar surface area (TPSA) is 189 Å². The molecule has 1 saturated carbocycles. The van der Waals surface area contributed by atoms with Crippen LogP contribution in [-0.4, -0.2) is 83.6 Å². The van der Waals surface area contributed by atoms with Crippen LogP contribution in [0.1, 0.15) is 71.5 Å². The van der Waals surface area contributed by atoms with Gasteiger partial charge in [0.2, 0.25) is 5.88 Å². The molecule has 0 spiro atoms. The minimum absolute atomic E-state index is 0.0160. The largest absolute Gasteiger partial charge is 0.481 e. The standard InChI is InChI=1S/C50H48FN11O6/c1-27-18-35(19-28(2)42(27)51)62-44(59-17-16-58(48(59)65)34-9-11-39-33(21-34)24-53-60(39)26-49(5,6)66)37-25-57(15-13-38(37)55-62)45(63)41-22-32-20-31(36-12-14-52-43(67-7)30(36)4)8-10-40(32)61(41)50(23-29(50)3)46-54-47(64)68-56-46/h8-12,14,16-22,24,29,66H,13,15,23,25-26H2,1-7H3,(H,54,56,64)/t29-,50-/m0/s1. The molecule has 1 aliphatic carbocycles. The maximum absolute atomic E-state index is 15.4. The predicted octanol–water partition coefficient (Wildman–Crippen LogP) is 6.68. The highest BCUT2D eigenvalue weighted by Gasteiger charge is 2.59. The van der Waals surface area contributed by atoms with Gasteiger partial charge in [-0.2, -0.15) is 10.2 Å². The predicted molar refractivity (Wildman–Crippen MR) is 250 cm³/mol. The quantitative estimate of drug-likeness (QED) is 0.150. The molecule has 7 heterocycles. The summed E-state index contributed by atoms with van der Waals surface area (Å²) in [6, 6.07) is 18.8. The van der Waals surface area contributed by atoms with E-state index in [1.54, 1.807) is 86.0 Å². The van der Waals surface area contributed by atoms with Gasteiger partial charge in [0.05, 0.1) is 54.6 Å². The number of ether oxygens (including phenoxy) is 1. The first-order chi connectivity index (χ1) is 32.5. The van der Waals surface area contributed by atoms with E-state index in [2.05, 4.69) is 20.2 Å². The van der Waals surface area contributed by atoms with E-state index in [1.807, 2.05) is 66.9 Å². The first kappa shape index (κ1) is 42.8.